The van der Waals surface area contributed by atoms with E-state index in [4.69, 9.17) is 0 Å². The summed E-state index contributed by atoms with van der Waals surface area (Å²) in [5.74, 6) is -0.390. The van der Waals surface area contributed by atoms with Crippen molar-refractivity contribution in [2.75, 3.05) is 0 Å². The second-order valence-electron chi connectivity index (χ2n) is 2.27. The van der Waals surface area contributed by atoms with Crippen molar-refractivity contribution in [2.24, 2.45) is 0 Å². The lowest BCUT2D eigenvalue weighted by molar-refractivity contribution is -0.518. The van der Waals surface area contributed by atoms with Gasteiger partial charge in [-0.1, -0.05) is 0 Å². The Morgan fingerprint density at radius 2 is 2.36 bits per heavy atom. The van der Waals surface area contributed by atoms with Crippen molar-refractivity contribution in [1.82, 2.24) is 5.32 Å². The molecular weight excluding hydrogens is 220 g/mol. The average molecular weight is 225 g/mol. The molecule has 0 radical (unpaired) electrons. The highest BCUT2D eigenvalue weighted by molar-refractivity contribution is 9.09. The highest BCUT2D eigenvalue weighted by atomic mass is 79.9. The van der Waals surface area contributed by atoms with Crippen molar-refractivity contribution in [1.29, 1.82) is 0 Å². The summed E-state index contributed by atoms with van der Waals surface area (Å²) in [5, 5.41) is 21.3. The van der Waals surface area contributed by atoms with Crippen LogP contribution in [0.4, 0.5) is 0 Å². The van der Waals surface area contributed by atoms with Crippen molar-refractivity contribution in [2.45, 2.75) is 17.1 Å². The molecule has 7 heteroatoms. The number of nitrogens with zero attached hydrogens (tertiary/aromatic N) is 1. The first-order valence-electron chi connectivity index (χ1n) is 2.77. The maximum Gasteiger partial charge on any atom is 0.312 e. The summed E-state index contributed by atoms with van der Waals surface area (Å²) in [4.78, 5) is 18.4. The first-order chi connectivity index (χ1) is 4.96. The van der Waals surface area contributed by atoms with Gasteiger partial charge in [0.1, 0.15) is 0 Å². The van der Waals surface area contributed by atoms with Crippen LogP contribution in [0.25, 0.3) is 0 Å². The van der Waals surface area contributed by atoms with Crippen molar-refractivity contribution >= 4 is 21.8 Å². The summed E-state index contributed by atoms with van der Waals surface area (Å²) in [5.41, 5.74) is -1.71. The van der Waals surface area contributed by atoms with Gasteiger partial charge in [-0.25, -0.2) is 0 Å². The van der Waals surface area contributed by atoms with E-state index in [0.717, 1.165) is 0 Å². The first kappa shape index (κ1) is 8.41. The van der Waals surface area contributed by atoms with Gasteiger partial charge in [-0.15, -0.1) is 0 Å². The largest absolute Gasteiger partial charge is 0.364 e. The number of nitrogens with one attached hydrogen (secondary N) is 1. The standard InChI is InChI=1S/C4H5BrN2O4/c5-3(7(10)11)4(9)1-2(8)6-4/h3,9H,1H2,(H,6,8). The van der Waals surface area contributed by atoms with E-state index < -0.39 is 15.6 Å². The molecule has 0 aromatic carbocycles. The number of carbonyl (C=O) groups is 1. The molecule has 0 aliphatic carbocycles. The van der Waals surface area contributed by atoms with E-state index in [-0.39, 0.29) is 12.3 Å². The Morgan fingerprint density at radius 1 is 1.91 bits per heavy atom. The average Bonchev–Trinajstić information content (AvgIpc) is 1.83. The van der Waals surface area contributed by atoms with Gasteiger partial charge in [-0.3, -0.25) is 14.9 Å². The van der Waals surface area contributed by atoms with Crippen LogP contribution in [-0.4, -0.2) is 26.6 Å². The second-order valence-corrected chi connectivity index (χ2v) is 3.14. The number of carbonyl (C=O) groups excluding carboxylic acids is 1. The zero-order chi connectivity index (χ0) is 8.65. The summed E-state index contributed by atoms with van der Waals surface area (Å²) >= 11 is 2.64. The normalized spacial score (nSPS) is 32.0. The summed E-state index contributed by atoms with van der Waals surface area (Å²) in [7, 11) is 0. The second kappa shape index (κ2) is 2.42. The molecule has 1 aliphatic heterocycles. The number of halogens is 1. The zero-order valence-electron chi connectivity index (χ0n) is 5.28. The number of β-lactam (4-membered cyclic amide) rings is 1. The fourth-order valence-corrected chi connectivity index (χ4v) is 1.06. The Kier molecular flexibility index (Phi) is 1.85. The van der Waals surface area contributed by atoms with Gasteiger partial charge >= 0.3 is 4.95 Å². The van der Waals surface area contributed by atoms with E-state index in [1.807, 2.05) is 5.32 Å². The van der Waals surface area contributed by atoms with Gasteiger partial charge in [0.05, 0.1) is 6.42 Å². The molecule has 11 heavy (non-hydrogen) atoms. The number of aliphatic hydroxyl groups is 1. The lowest BCUT2D eigenvalue weighted by Gasteiger charge is -2.35. The minimum atomic E-state index is -1.71. The Labute approximate surface area is 69.9 Å². The molecular formula is C4H5BrN2O4. The molecule has 2 atom stereocenters. The molecule has 62 valence electrons. The van der Waals surface area contributed by atoms with Crippen LogP contribution in [0.2, 0.25) is 0 Å². The maximum atomic E-state index is 10.3. The van der Waals surface area contributed by atoms with E-state index in [2.05, 4.69) is 15.9 Å². The van der Waals surface area contributed by atoms with Crippen molar-refractivity contribution in [3.63, 3.8) is 0 Å². The molecule has 1 heterocycles. The third kappa shape index (κ3) is 1.33. The summed E-state index contributed by atoms with van der Waals surface area (Å²) < 4.78 is 0. The topological polar surface area (TPSA) is 92.5 Å². The van der Waals surface area contributed by atoms with E-state index in [1.165, 1.54) is 0 Å². The third-order valence-corrected chi connectivity index (χ3v) is 2.46. The molecule has 2 unspecified atom stereocenters. The number of rotatable bonds is 2. The molecule has 1 amide bonds. The molecule has 1 rings (SSSR count). The van der Waals surface area contributed by atoms with Crippen LogP contribution in [0, 0.1) is 10.1 Å². The SMILES string of the molecule is O=C1CC(O)(C(Br)[N+](=O)[O-])N1. The molecule has 1 saturated heterocycles. The van der Waals surface area contributed by atoms with Crippen molar-refractivity contribution < 1.29 is 14.8 Å². The molecule has 0 bridgehead atoms. The molecule has 6 nitrogen and oxygen atoms in total. The van der Waals surface area contributed by atoms with E-state index in [9.17, 15) is 20.0 Å². The minimum absolute atomic E-state index is 0.232. The Morgan fingerprint density at radius 3 is 2.64 bits per heavy atom. The molecule has 2 N–H and O–H groups in total. The number of alkyl halides is 1. The monoisotopic (exact) mass is 224 g/mol. The Bertz CT molecular complexity index is 210. The van der Waals surface area contributed by atoms with E-state index in [0.29, 0.717) is 0 Å². The number of hydrogen-bond acceptors (Lipinski definition) is 4. The smallest absolute Gasteiger partial charge is 0.312 e. The number of hydrogen-bond donors (Lipinski definition) is 2. The molecule has 0 spiro atoms. The van der Waals surface area contributed by atoms with Gasteiger partial charge in [0.15, 0.2) is 0 Å². The van der Waals surface area contributed by atoms with Gasteiger partial charge in [0, 0.05) is 20.9 Å². The van der Waals surface area contributed by atoms with Gasteiger partial charge in [0.2, 0.25) is 11.6 Å². The summed E-state index contributed by atoms with van der Waals surface area (Å²) in [6, 6.07) is 0. The quantitative estimate of drug-likeness (QED) is 0.211. The number of nitro groups is 1. The van der Waals surface area contributed by atoms with Gasteiger partial charge < -0.3 is 10.4 Å². The minimum Gasteiger partial charge on any atom is -0.364 e. The van der Waals surface area contributed by atoms with Gasteiger partial charge in [0.25, 0.3) is 0 Å². The fourth-order valence-electron chi connectivity index (χ4n) is 0.786. The Balaban J connectivity index is 2.61. The lowest BCUT2D eigenvalue weighted by atomic mass is 10.0. The highest BCUT2D eigenvalue weighted by Crippen LogP contribution is 2.26. The molecule has 1 fully saturated rings. The van der Waals surface area contributed by atoms with Crippen LogP contribution in [0.5, 0.6) is 0 Å². The lowest BCUT2D eigenvalue weighted by Crippen LogP contribution is -2.67. The van der Waals surface area contributed by atoms with Crippen molar-refractivity contribution in [3.8, 4) is 0 Å². The summed E-state index contributed by atoms with van der Waals surface area (Å²) in [6.07, 6.45) is -0.232. The highest BCUT2D eigenvalue weighted by Gasteiger charge is 2.53. The Hall–Kier alpha value is -0.690. The third-order valence-electron chi connectivity index (χ3n) is 1.37. The van der Waals surface area contributed by atoms with Crippen LogP contribution < -0.4 is 5.32 Å². The van der Waals surface area contributed by atoms with Gasteiger partial charge in [-0.05, 0) is 0 Å². The van der Waals surface area contributed by atoms with Crippen LogP contribution in [0.15, 0.2) is 0 Å². The maximum absolute atomic E-state index is 10.3. The predicted molar refractivity (Wildman–Crippen MR) is 37.4 cm³/mol. The van der Waals surface area contributed by atoms with E-state index >= 15 is 0 Å². The fraction of sp³-hybridized carbons (Fsp3) is 0.750. The van der Waals surface area contributed by atoms with Crippen LogP contribution >= 0.6 is 15.9 Å². The van der Waals surface area contributed by atoms with Crippen molar-refractivity contribution in [3.05, 3.63) is 10.1 Å². The predicted octanol–water partition coefficient (Wildman–Crippen LogP) is -0.807. The zero-order valence-corrected chi connectivity index (χ0v) is 6.87. The van der Waals surface area contributed by atoms with E-state index in [1.54, 1.807) is 0 Å². The van der Waals surface area contributed by atoms with Crippen LogP contribution in [0.1, 0.15) is 6.42 Å². The summed E-state index contributed by atoms with van der Waals surface area (Å²) in [6.45, 7) is 0. The van der Waals surface area contributed by atoms with Crippen LogP contribution in [0.3, 0.4) is 0 Å². The molecule has 1 aliphatic rings. The number of amides is 1. The molecule has 0 saturated carbocycles. The first-order valence-corrected chi connectivity index (χ1v) is 3.68. The van der Waals surface area contributed by atoms with Crippen LogP contribution in [-0.2, 0) is 4.79 Å². The molecule has 0 aromatic rings. The van der Waals surface area contributed by atoms with Gasteiger partial charge in [-0.2, -0.15) is 0 Å². The molecule has 0 aromatic heterocycles.